The largest absolute Gasteiger partial charge is 0.456 e. The van der Waals surface area contributed by atoms with Crippen LogP contribution >= 0.6 is 0 Å². The first-order valence-corrected chi connectivity index (χ1v) is 23.7. The highest BCUT2D eigenvalue weighted by atomic mass is 16.8. The zero-order chi connectivity index (χ0) is 44.1. The maximum absolute atomic E-state index is 14.5. The van der Waals surface area contributed by atoms with Gasteiger partial charge in [0.15, 0.2) is 5.79 Å². The summed E-state index contributed by atoms with van der Waals surface area (Å²) in [6.45, 7) is 11.3. The van der Waals surface area contributed by atoms with E-state index in [1.54, 1.807) is 7.05 Å². The van der Waals surface area contributed by atoms with Crippen LogP contribution in [0.3, 0.4) is 0 Å². The van der Waals surface area contributed by atoms with Crippen molar-refractivity contribution in [1.29, 1.82) is 0 Å². The molecule has 10 heteroatoms. The van der Waals surface area contributed by atoms with Gasteiger partial charge in [0, 0.05) is 44.8 Å². The second-order valence-corrected chi connectivity index (χ2v) is 19.7. The van der Waals surface area contributed by atoms with Gasteiger partial charge in [-0.1, -0.05) is 107 Å². The number of rotatable bonds is 18. The molecule has 0 bridgehead atoms. The summed E-state index contributed by atoms with van der Waals surface area (Å²) < 4.78 is 26.3. The number of carbonyl (C=O) groups is 3. The van der Waals surface area contributed by atoms with E-state index < -0.39 is 36.1 Å². The Kier molecular flexibility index (Phi) is 14.8. The summed E-state index contributed by atoms with van der Waals surface area (Å²) in [5.41, 5.74) is 4.66. The van der Waals surface area contributed by atoms with Crippen LogP contribution in [0.4, 0.5) is 0 Å². The Labute approximate surface area is 370 Å². The zero-order valence-electron chi connectivity index (χ0n) is 38.2. The van der Waals surface area contributed by atoms with Gasteiger partial charge in [0.05, 0.1) is 23.9 Å². The average molecular weight is 853 g/mol. The van der Waals surface area contributed by atoms with Gasteiger partial charge in [0.2, 0.25) is 11.8 Å². The molecule has 2 heterocycles. The summed E-state index contributed by atoms with van der Waals surface area (Å²) in [5, 5.41) is 12.2. The van der Waals surface area contributed by atoms with Crippen molar-refractivity contribution >= 4 is 23.9 Å². The Bertz CT molecular complexity index is 1920. The number of nitrogens with zero attached hydrogens (tertiary/aromatic N) is 1. The fraction of sp³-hybridized carbons (Fsp3) is 0.635. The number of benzene rings is 2. The first kappa shape index (κ1) is 46.2. The minimum absolute atomic E-state index is 0.0367. The van der Waals surface area contributed by atoms with Crippen LogP contribution in [-0.4, -0.2) is 89.8 Å². The molecule has 338 valence electrons. The molecule has 2 saturated heterocycles. The Morgan fingerprint density at radius 1 is 0.935 bits per heavy atom. The van der Waals surface area contributed by atoms with E-state index in [4.69, 9.17) is 18.9 Å². The van der Waals surface area contributed by atoms with E-state index in [1.807, 2.05) is 60.7 Å². The monoisotopic (exact) mass is 853 g/mol. The van der Waals surface area contributed by atoms with Crippen LogP contribution in [0.15, 0.2) is 71.8 Å². The van der Waals surface area contributed by atoms with Gasteiger partial charge >= 0.3 is 5.97 Å². The minimum Gasteiger partial charge on any atom is -0.456 e. The third kappa shape index (κ3) is 10.6. The van der Waals surface area contributed by atoms with E-state index in [-0.39, 0.29) is 43.4 Å². The molecule has 2 aliphatic heterocycles. The normalized spacial score (nSPS) is 29.3. The van der Waals surface area contributed by atoms with Crippen molar-refractivity contribution in [3.05, 3.63) is 88.5 Å². The van der Waals surface area contributed by atoms with Gasteiger partial charge < -0.3 is 34.3 Å². The standard InChI is InChI=1S/C52H72N2O8/c1-7-9-14-25-52(26-15-10-8-2)60-44-33-39(48(57)54(6)42(47(56)53-28-29-55)31-35-16-12-11-13-17-35)32-43(46(44)62-52)59-49(58)37-20-18-36(19-21-37)30-38-22-23-45-51(5,61-45)27-24-41-40(38)34-50(41,3)4/h11-13,16-21,30,33,40-46,55H,7-10,14-15,22-29,31-32,34H2,1-6H3,(H,53,56)/t40-,41-,42-,43-,44-,45?,46+,51-/m1/s1. The number of hydrogen-bond acceptors (Lipinski definition) is 8. The molecule has 4 fully saturated rings. The van der Waals surface area contributed by atoms with E-state index in [2.05, 4.69) is 46.0 Å². The van der Waals surface area contributed by atoms with Crippen LogP contribution in [0.5, 0.6) is 0 Å². The maximum atomic E-state index is 14.5. The third-order valence-corrected chi connectivity index (χ3v) is 14.7. The number of esters is 1. The minimum atomic E-state index is -0.852. The predicted octanol–water partition coefficient (Wildman–Crippen LogP) is 9.14. The molecule has 2 amide bonds. The molecule has 3 aliphatic carbocycles. The topological polar surface area (TPSA) is 127 Å². The van der Waals surface area contributed by atoms with Gasteiger partial charge in [0.1, 0.15) is 24.4 Å². The fourth-order valence-corrected chi connectivity index (χ4v) is 10.8. The van der Waals surface area contributed by atoms with Crippen LogP contribution in [0.25, 0.3) is 6.08 Å². The summed E-state index contributed by atoms with van der Waals surface area (Å²) in [7, 11) is 1.63. The number of epoxide rings is 1. The lowest BCUT2D eigenvalue weighted by Crippen LogP contribution is -2.51. The smallest absolute Gasteiger partial charge is 0.338 e. The lowest BCUT2D eigenvalue weighted by molar-refractivity contribution is -0.190. The molecule has 2 N–H and O–H groups in total. The van der Waals surface area contributed by atoms with E-state index in [0.29, 0.717) is 47.3 Å². The van der Waals surface area contributed by atoms with Crippen molar-refractivity contribution < 1.29 is 38.4 Å². The summed E-state index contributed by atoms with van der Waals surface area (Å²) >= 11 is 0. The molecule has 8 atom stereocenters. The molecule has 0 aromatic heterocycles. The highest BCUT2D eigenvalue weighted by molar-refractivity contribution is 5.97. The van der Waals surface area contributed by atoms with Gasteiger partial charge in [0.25, 0.3) is 0 Å². The molecule has 2 saturated carbocycles. The van der Waals surface area contributed by atoms with E-state index in [1.165, 1.54) is 23.3 Å². The number of ether oxygens (including phenoxy) is 4. The molecule has 0 spiro atoms. The molecule has 5 aliphatic rings. The van der Waals surface area contributed by atoms with Crippen molar-refractivity contribution in [2.75, 3.05) is 20.2 Å². The van der Waals surface area contributed by atoms with Gasteiger partial charge in [-0.15, -0.1) is 0 Å². The maximum Gasteiger partial charge on any atom is 0.338 e. The Morgan fingerprint density at radius 2 is 1.65 bits per heavy atom. The number of unbranched alkanes of at least 4 members (excludes halogenated alkanes) is 4. The lowest BCUT2D eigenvalue weighted by atomic mass is 9.52. The molecule has 2 aromatic carbocycles. The Balaban J connectivity index is 1.12. The fourth-order valence-electron chi connectivity index (χ4n) is 10.8. The number of hydrogen-bond donors (Lipinski definition) is 2. The molecule has 7 rings (SSSR count). The molecule has 62 heavy (non-hydrogen) atoms. The summed E-state index contributed by atoms with van der Waals surface area (Å²) in [6, 6.07) is 16.4. The molecular weight excluding hydrogens is 781 g/mol. The third-order valence-electron chi connectivity index (χ3n) is 14.7. The van der Waals surface area contributed by atoms with Crippen LogP contribution in [0, 0.1) is 17.3 Å². The number of fused-ring (bicyclic) bond motifs is 3. The van der Waals surface area contributed by atoms with Gasteiger partial charge in [-0.3, -0.25) is 9.59 Å². The second-order valence-electron chi connectivity index (χ2n) is 19.7. The zero-order valence-corrected chi connectivity index (χ0v) is 38.2. The van der Waals surface area contributed by atoms with Crippen molar-refractivity contribution in [1.82, 2.24) is 10.2 Å². The van der Waals surface area contributed by atoms with Crippen molar-refractivity contribution in [2.45, 2.75) is 173 Å². The summed E-state index contributed by atoms with van der Waals surface area (Å²) in [4.78, 5) is 43.7. The number of carbonyl (C=O) groups excluding carboxylic acids is 3. The van der Waals surface area contributed by atoms with Crippen LogP contribution in [0.1, 0.15) is 146 Å². The molecule has 2 aromatic rings. The Hall–Kier alpha value is -3.83. The Morgan fingerprint density at radius 3 is 2.31 bits per heavy atom. The average Bonchev–Trinajstić information content (AvgIpc) is 3.74. The number of aliphatic hydroxyl groups excluding tert-OH is 1. The first-order valence-electron chi connectivity index (χ1n) is 23.7. The number of aliphatic hydroxyl groups is 1. The highest BCUT2D eigenvalue weighted by Gasteiger charge is 2.56. The quantitative estimate of drug-likeness (QED) is 0.0865. The molecule has 1 unspecified atom stereocenters. The molecule has 0 radical (unpaired) electrons. The van der Waals surface area contributed by atoms with E-state index in [0.717, 1.165) is 68.9 Å². The number of likely N-dealkylation sites (N-methyl/N-ethyl adjacent to an activating group) is 1. The van der Waals surface area contributed by atoms with Gasteiger partial charge in [-0.2, -0.15) is 0 Å². The van der Waals surface area contributed by atoms with Crippen molar-refractivity contribution in [2.24, 2.45) is 17.3 Å². The van der Waals surface area contributed by atoms with E-state index >= 15 is 0 Å². The predicted molar refractivity (Wildman–Crippen MR) is 241 cm³/mol. The second kappa shape index (κ2) is 19.9. The molecular formula is C52H72N2O8. The van der Waals surface area contributed by atoms with Gasteiger partial charge in [-0.25, -0.2) is 4.79 Å². The van der Waals surface area contributed by atoms with E-state index in [9.17, 15) is 19.5 Å². The first-order chi connectivity index (χ1) is 29.8. The van der Waals surface area contributed by atoms with Crippen LogP contribution < -0.4 is 5.32 Å². The number of amides is 2. The van der Waals surface area contributed by atoms with Crippen molar-refractivity contribution in [3.63, 3.8) is 0 Å². The summed E-state index contributed by atoms with van der Waals surface area (Å²) in [5.74, 6) is -0.818. The van der Waals surface area contributed by atoms with Crippen LogP contribution in [-0.2, 0) is 35.0 Å². The van der Waals surface area contributed by atoms with Crippen LogP contribution in [0.2, 0.25) is 0 Å². The highest BCUT2D eigenvalue weighted by Crippen LogP contribution is 2.60. The van der Waals surface area contributed by atoms with Crippen molar-refractivity contribution in [3.8, 4) is 0 Å². The molecule has 10 nitrogen and oxygen atoms in total. The lowest BCUT2D eigenvalue weighted by Gasteiger charge is -2.53. The SMILES string of the molecule is CCCCCC1(CCCCC)O[C@@H]2[C@@H](C=C(C(=O)N(C)[C@H](Cc3ccccc3)C(=O)NCCO)C[C@H]2OC(=O)c2ccc(C=C3CCC4O[C@]4(C)CC[C@@H]4[C@@H]3CC4(C)C)cc2)O1. The number of nitrogens with one attached hydrogen (secondary N) is 1. The van der Waals surface area contributed by atoms with Gasteiger partial charge in [-0.05, 0) is 98.5 Å². The summed E-state index contributed by atoms with van der Waals surface area (Å²) in [6.07, 6.45) is 16.0. The number of allylic oxidation sites excluding steroid dienone is 1.